The van der Waals surface area contributed by atoms with E-state index < -0.39 is 17.5 Å². The fraction of sp³-hybridized carbons (Fsp3) is 0.238. The highest BCUT2D eigenvalue weighted by Crippen LogP contribution is 2.33. The molecule has 3 aromatic heterocycles. The number of aromatic amines is 1. The number of para-hydroxylation sites is 2. The maximum atomic E-state index is 14.1. The zero-order chi connectivity index (χ0) is 22.3. The van der Waals surface area contributed by atoms with Crippen molar-refractivity contribution in [3.8, 4) is 22.7 Å². The van der Waals surface area contributed by atoms with E-state index in [1.54, 1.807) is 42.1 Å². The van der Waals surface area contributed by atoms with Gasteiger partial charge < -0.3 is 4.74 Å². The van der Waals surface area contributed by atoms with Crippen LogP contribution in [0.4, 0.5) is 8.78 Å². The summed E-state index contributed by atoms with van der Waals surface area (Å²) in [6, 6.07) is 8.18. The number of nitrogens with zero attached hydrogens (tertiary/aromatic N) is 4. The second kappa shape index (κ2) is 8.03. The number of nitrogens with one attached hydrogen (secondary N) is 1. The number of aryl methyl sites for hydroxylation is 2. The molecule has 0 aliphatic carbocycles. The monoisotopic (exact) mass is 443 g/mol. The summed E-state index contributed by atoms with van der Waals surface area (Å²) < 4.78 is 36.7. The number of fused-ring (bicyclic) bond motifs is 1. The molecule has 10 heteroatoms. The maximum Gasteiger partial charge on any atom is 0.264 e. The molecule has 4 aromatic rings. The molecule has 0 spiro atoms. The first-order valence-electron chi connectivity index (χ1n) is 9.51. The van der Waals surface area contributed by atoms with Crippen LogP contribution in [0.1, 0.15) is 24.6 Å². The molecular formula is C21H19F2N5O2S. The van der Waals surface area contributed by atoms with Crippen LogP contribution in [0.15, 0.2) is 41.3 Å². The molecule has 0 saturated carbocycles. The molecule has 1 aromatic carbocycles. The molecule has 0 unspecified atom stereocenters. The van der Waals surface area contributed by atoms with Crippen molar-refractivity contribution in [3.63, 3.8) is 0 Å². The number of benzene rings is 1. The van der Waals surface area contributed by atoms with Crippen molar-refractivity contribution in [2.75, 3.05) is 7.11 Å². The van der Waals surface area contributed by atoms with Gasteiger partial charge in [0.2, 0.25) is 0 Å². The van der Waals surface area contributed by atoms with Gasteiger partial charge in [-0.1, -0.05) is 12.1 Å². The van der Waals surface area contributed by atoms with Crippen molar-refractivity contribution in [1.29, 1.82) is 0 Å². The van der Waals surface area contributed by atoms with Crippen LogP contribution >= 0.6 is 12.2 Å². The van der Waals surface area contributed by atoms with Gasteiger partial charge in [-0.15, -0.1) is 0 Å². The van der Waals surface area contributed by atoms with Crippen LogP contribution in [0.3, 0.4) is 0 Å². The molecule has 0 radical (unpaired) electrons. The third-order valence-corrected chi connectivity index (χ3v) is 5.29. The van der Waals surface area contributed by atoms with E-state index in [2.05, 4.69) is 15.1 Å². The highest BCUT2D eigenvalue weighted by molar-refractivity contribution is 7.71. The molecule has 0 aliphatic rings. The van der Waals surface area contributed by atoms with Crippen molar-refractivity contribution in [2.24, 2.45) is 0 Å². The number of methoxy groups -OCH3 is 1. The van der Waals surface area contributed by atoms with E-state index in [1.165, 1.54) is 17.7 Å². The fourth-order valence-electron chi connectivity index (χ4n) is 3.54. The minimum Gasteiger partial charge on any atom is -0.495 e. The Bertz CT molecular complexity index is 1410. The molecule has 7 nitrogen and oxygen atoms in total. The van der Waals surface area contributed by atoms with Crippen molar-refractivity contribution < 1.29 is 13.5 Å². The quantitative estimate of drug-likeness (QED) is 0.457. The molecule has 0 saturated heterocycles. The standard InChI is InChI=1S/C21H19F2N5O2S/c1-4-27-10-13(11(2)26-27)14-9-12(18(22)23)17-19(24-14)28(21(31)25-20(17)29)15-7-5-6-8-16(15)30-3/h5-10,18H,4H2,1-3H3,(H,25,29,31). The number of hydrogen-bond donors (Lipinski definition) is 1. The summed E-state index contributed by atoms with van der Waals surface area (Å²) in [5.41, 5.74) is 0.870. The lowest BCUT2D eigenvalue weighted by Gasteiger charge is -2.16. The first kappa shape index (κ1) is 20.9. The van der Waals surface area contributed by atoms with Gasteiger partial charge >= 0.3 is 0 Å². The molecule has 0 aliphatic heterocycles. The topological polar surface area (TPSA) is 77.7 Å². The third kappa shape index (κ3) is 3.52. The number of hydrogen-bond acceptors (Lipinski definition) is 5. The van der Waals surface area contributed by atoms with E-state index >= 15 is 0 Å². The summed E-state index contributed by atoms with van der Waals surface area (Å²) in [5.74, 6) is 0.452. The second-order valence-corrected chi connectivity index (χ2v) is 7.23. The lowest BCUT2D eigenvalue weighted by Crippen LogP contribution is -2.17. The number of ether oxygens (including phenoxy) is 1. The highest BCUT2D eigenvalue weighted by atomic mass is 32.1. The third-order valence-electron chi connectivity index (χ3n) is 5.00. The summed E-state index contributed by atoms with van der Waals surface area (Å²) in [6.45, 7) is 4.32. The summed E-state index contributed by atoms with van der Waals surface area (Å²) in [6.07, 6.45) is -1.15. The van der Waals surface area contributed by atoms with E-state index in [0.29, 0.717) is 29.2 Å². The van der Waals surface area contributed by atoms with Crippen LogP contribution in [0, 0.1) is 11.7 Å². The predicted octanol–water partition coefficient (Wildman–Crippen LogP) is 4.58. The number of halogens is 2. The van der Waals surface area contributed by atoms with E-state index in [4.69, 9.17) is 17.0 Å². The van der Waals surface area contributed by atoms with Crippen molar-refractivity contribution >= 4 is 23.3 Å². The molecule has 0 atom stereocenters. The molecule has 160 valence electrons. The Hall–Kier alpha value is -3.40. The average molecular weight is 443 g/mol. The van der Waals surface area contributed by atoms with Crippen LogP contribution in [-0.4, -0.2) is 31.4 Å². The van der Waals surface area contributed by atoms with Crippen LogP contribution in [0.5, 0.6) is 5.75 Å². The summed E-state index contributed by atoms with van der Waals surface area (Å²) >= 11 is 5.38. The van der Waals surface area contributed by atoms with Gasteiger partial charge in [-0.25, -0.2) is 13.8 Å². The Labute approximate surface area is 180 Å². The van der Waals surface area contributed by atoms with E-state index in [0.717, 1.165) is 0 Å². The number of H-pyrrole nitrogens is 1. The van der Waals surface area contributed by atoms with Gasteiger partial charge in [0.05, 0.1) is 29.6 Å². The lowest BCUT2D eigenvalue weighted by molar-refractivity contribution is 0.153. The molecule has 0 bridgehead atoms. The average Bonchev–Trinajstić information content (AvgIpc) is 3.13. The van der Waals surface area contributed by atoms with Gasteiger partial charge in [0.1, 0.15) is 5.75 Å². The predicted molar refractivity (Wildman–Crippen MR) is 116 cm³/mol. The van der Waals surface area contributed by atoms with Gasteiger partial charge in [-0.05, 0) is 44.3 Å². The Balaban J connectivity index is 2.17. The zero-order valence-electron chi connectivity index (χ0n) is 17.0. The molecule has 0 fully saturated rings. The van der Waals surface area contributed by atoms with Crippen LogP contribution < -0.4 is 10.3 Å². The van der Waals surface area contributed by atoms with E-state index in [1.807, 2.05) is 6.92 Å². The van der Waals surface area contributed by atoms with Crippen LogP contribution in [-0.2, 0) is 6.54 Å². The van der Waals surface area contributed by atoms with Crippen molar-refractivity contribution in [3.05, 3.63) is 62.9 Å². The number of alkyl halides is 2. The SMILES string of the molecule is CCn1cc(-c2cc(C(F)F)c3c(=O)[nH]c(=S)n(-c4ccccc4OC)c3n2)c(C)n1. The fourth-order valence-corrected chi connectivity index (χ4v) is 3.81. The van der Waals surface area contributed by atoms with Crippen molar-refractivity contribution in [2.45, 2.75) is 26.8 Å². The summed E-state index contributed by atoms with van der Waals surface area (Å²) in [4.78, 5) is 19.8. The minimum atomic E-state index is -2.89. The Morgan fingerprint density at radius 2 is 2.03 bits per heavy atom. The Morgan fingerprint density at radius 3 is 2.68 bits per heavy atom. The van der Waals surface area contributed by atoms with Gasteiger partial charge in [-0.2, -0.15) is 5.10 Å². The summed E-state index contributed by atoms with van der Waals surface area (Å²) in [5, 5.41) is 4.15. The van der Waals surface area contributed by atoms with Gasteiger partial charge in [0.25, 0.3) is 12.0 Å². The largest absolute Gasteiger partial charge is 0.495 e. The Kier molecular flexibility index (Phi) is 5.40. The number of aromatic nitrogens is 5. The lowest BCUT2D eigenvalue weighted by atomic mass is 10.1. The minimum absolute atomic E-state index is 0.0211. The number of pyridine rings is 1. The smallest absolute Gasteiger partial charge is 0.264 e. The summed E-state index contributed by atoms with van der Waals surface area (Å²) in [7, 11) is 1.49. The van der Waals surface area contributed by atoms with E-state index in [-0.39, 0.29) is 21.5 Å². The van der Waals surface area contributed by atoms with Gasteiger partial charge in [-0.3, -0.25) is 19.0 Å². The highest BCUT2D eigenvalue weighted by Gasteiger charge is 2.23. The molecule has 0 amide bonds. The first-order chi connectivity index (χ1) is 14.8. The van der Waals surface area contributed by atoms with Crippen molar-refractivity contribution in [1.82, 2.24) is 24.3 Å². The molecule has 3 heterocycles. The normalized spacial score (nSPS) is 11.4. The number of rotatable bonds is 5. The van der Waals surface area contributed by atoms with Gasteiger partial charge in [0, 0.05) is 23.9 Å². The zero-order valence-corrected chi connectivity index (χ0v) is 17.8. The molecule has 1 N–H and O–H groups in total. The molecule has 4 rings (SSSR count). The molecule has 31 heavy (non-hydrogen) atoms. The van der Waals surface area contributed by atoms with E-state index in [9.17, 15) is 13.6 Å². The van der Waals surface area contributed by atoms with Gasteiger partial charge in [0.15, 0.2) is 10.4 Å². The van der Waals surface area contributed by atoms with Crippen LogP contribution in [0.2, 0.25) is 0 Å². The van der Waals surface area contributed by atoms with Crippen LogP contribution in [0.25, 0.3) is 28.0 Å². The molecular weight excluding hydrogens is 424 g/mol. The maximum absolute atomic E-state index is 14.1. The Morgan fingerprint density at radius 1 is 1.29 bits per heavy atom. The second-order valence-electron chi connectivity index (χ2n) is 6.85. The first-order valence-corrected chi connectivity index (χ1v) is 9.92.